The van der Waals surface area contributed by atoms with Crippen molar-refractivity contribution < 1.29 is 33.3 Å². The molecule has 4 heterocycles. The number of amides is 2. The molecule has 1 aliphatic carbocycles. The number of phenolic OH excluding ortho intramolecular Hbond substituents is 1. The fourth-order valence-corrected chi connectivity index (χ4v) is 9.88. The molecule has 4 atom stereocenters. The summed E-state index contributed by atoms with van der Waals surface area (Å²) >= 11 is 13.0. The average Bonchev–Trinajstić information content (AvgIpc) is 3.65. The zero-order valence-corrected chi connectivity index (χ0v) is 35.6. The van der Waals surface area contributed by atoms with Gasteiger partial charge in [-0.2, -0.15) is 5.01 Å². The number of imide groups is 1. The molecule has 63 heavy (non-hydrogen) atoms. The highest BCUT2D eigenvalue weighted by Gasteiger charge is 2.69. The van der Waals surface area contributed by atoms with Gasteiger partial charge in [0.15, 0.2) is 23.0 Å². The van der Waals surface area contributed by atoms with Crippen LogP contribution in [0.3, 0.4) is 0 Å². The summed E-state index contributed by atoms with van der Waals surface area (Å²) in [6, 6.07) is 17.0. The number of carbonyl (C=O) groups excluding carboxylic acids is 2. The third kappa shape index (κ3) is 6.31. The highest BCUT2D eigenvalue weighted by Crippen LogP contribution is 2.62. The number of halogens is 3. The van der Waals surface area contributed by atoms with Crippen LogP contribution >= 0.6 is 23.2 Å². The number of fused-ring (bicyclic) bond motifs is 5. The number of hydrogen-bond donors (Lipinski definition) is 2. The maximum Gasteiger partial charge on any atom is 0.347 e. The molecule has 19 heteroatoms. The van der Waals surface area contributed by atoms with E-state index in [1.54, 1.807) is 49.5 Å². The lowest BCUT2D eigenvalue weighted by Gasteiger charge is -2.49. The molecular formula is C44H38Cl2FN7O9. The van der Waals surface area contributed by atoms with Crippen LogP contribution in [-0.4, -0.2) is 66.7 Å². The van der Waals surface area contributed by atoms with Crippen LogP contribution in [-0.2, 0) is 41.6 Å². The Morgan fingerprint density at radius 2 is 1.57 bits per heavy atom. The minimum absolute atomic E-state index is 0.0110. The van der Waals surface area contributed by atoms with Gasteiger partial charge in [-0.25, -0.2) is 32.9 Å². The first-order valence-corrected chi connectivity index (χ1v) is 20.5. The van der Waals surface area contributed by atoms with Crippen LogP contribution in [0.1, 0.15) is 35.2 Å². The monoisotopic (exact) mass is 897 g/mol. The molecule has 2 N–H and O–H groups in total. The van der Waals surface area contributed by atoms with Crippen LogP contribution in [0.4, 0.5) is 10.1 Å². The molecule has 9 rings (SSSR count). The van der Waals surface area contributed by atoms with Crippen molar-refractivity contribution in [3.63, 3.8) is 0 Å². The van der Waals surface area contributed by atoms with Crippen LogP contribution in [0.2, 0.25) is 10.0 Å². The number of aryl methyl sites for hydroxylation is 2. The van der Waals surface area contributed by atoms with E-state index in [2.05, 4.69) is 10.4 Å². The van der Waals surface area contributed by atoms with Gasteiger partial charge in [0.25, 0.3) is 17.4 Å². The minimum atomic E-state index is -1.73. The molecule has 2 aliphatic heterocycles. The molecule has 0 bridgehead atoms. The largest absolute Gasteiger partial charge is 0.503 e. The third-order valence-corrected chi connectivity index (χ3v) is 13.0. The number of aromatic hydroxyl groups is 1. The second-order valence-electron chi connectivity index (χ2n) is 15.5. The zero-order valence-electron chi connectivity index (χ0n) is 34.1. The van der Waals surface area contributed by atoms with Crippen LogP contribution < -0.4 is 36.6 Å². The number of nitrogens with one attached hydrogen (secondary N) is 1. The number of hydrazine groups is 1. The molecule has 2 amide bonds. The summed E-state index contributed by atoms with van der Waals surface area (Å²) < 4.78 is 35.3. The van der Waals surface area contributed by atoms with Crippen molar-refractivity contribution in [2.75, 3.05) is 26.8 Å². The van der Waals surface area contributed by atoms with Crippen LogP contribution in [0, 0.1) is 11.7 Å². The Morgan fingerprint density at radius 1 is 0.889 bits per heavy atom. The van der Waals surface area contributed by atoms with E-state index in [9.17, 15) is 28.7 Å². The van der Waals surface area contributed by atoms with Crippen molar-refractivity contribution in [2.24, 2.45) is 13.0 Å². The first-order chi connectivity index (χ1) is 30.2. The lowest BCUT2D eigenvalue weighted by atomic mass is 9.53. The van der Waals surface area contributed by atoms with Crippen molar-refractivity contribution in [1.29, 1.82) is 0 Å². The van der Waals surface area contributed by atoms with Crippen molar-refractivity contribution in [1.82, 2.24) is 28.5 Å². The molecule has 1 saturated carbocycles. The lowest BCUT2D eigenvalue weighted by Crippen LogP contribution is -2.53. The number of carbonyl (C=O) groups is 2. The zero-order chi connectivity index (χ0) is 44.6. The number of allylic oxidation sites excluding steroid dienone is 2. The van der Waals surface area contributed by atoms with Crippen molar-refractivity contribution >= 4 is 51.7 Å². The molecule has 16 nitrogen and oxygen atoms in total. The van der Waals surface area contributed by atoms with Gasteiger partial charge in [0.2, 0.25) is 0 Å². The Labute approximate surface area is 366 Å². The first kappa shape index (κ1) is 41.5. The van der Waals surface area contributed by atoms with Gasteiger partial charge in [-0.05, 0) is 71.7 Å². The number of anilines is 1. The standard InChI is InChI=1S/C44H38Cl2FN7O9/c1-50-33-21-35(62-3)34(61-2)20-31(33)48-30(40(50)57)14-15-51-42(59)52-16-13-27-32(54(52)43(51)60)19-28-39(56)53(49-26-11-9-25(47)10-12-26)41(58)44(28,23-5-7-24(45)8-6-23)37(27)22-17-29(46)38(55)36(18-22)63-4/h5-13,17-18,20-21,28,32,37,49,55H,14-16,19H2,1-4H3. The number of nitrogens with zero attached hydrogens (tertiary/aromatic N) is 6. The Kier molecular flexibility index (Phi) is 10.2. The number of ether oxygens (including phenoxy) is 3. The number of rotatable bonds is 10. The van der Waals surface area contributed by atoms with E-state index in [1.807, 2.05) is 0 Å². The molecule has 4 aromatic carbocycles. The van der Waals surface area contributed by atoms with Crippen LogP contribution in [0.5, 0.6) is 23.0 Å². The van der Waals surface area contributed by atoms with Gasteiger partial charge in [-0.1, -0.05) is 41.4 Å². The fourth-order valence-electron chi connectivity index (χ4n) is 9.54. The molecular weight excluding hydrogens is 860 g/mol. The average molecular weight is 899 g/mol. The third-order valence-electron chi connectivity index (χ3n) is 12.4. The van der Waals surface area contributed by atoms with Gasteiger partial charge in [0.1, 0.15) is 11.5 Å². The highest BCUT2D eigenvalue weighted by molar-refractivity contribution is 6.32. The quantitative estimate of drug-likeness (QED) is 0.138. The molecule has 4 unspecified atom stereocenters. The SMILES string of the molecule is COc1cc2nc(CCn3c(=O)n4n(c3=O)C3CC5C(=O)N(Nc6ccc(F)cc6)C(=O)C5(c5ccc(Cl)cc5)C(c5cc(Cl)c(O)c(OC)c5)C3=CC4)c(=O)n(C)c2cc1OC. The van der Waals surface area contributed by atoms with E-state index in [1.165, 1.54) is 71.7 Å². The maximum atomic E-state index is 15.4. The number of hydrogen-bond acceptors (Lipinski definition) is 11. The van der Waals surface area contributed by atoms with Crippen LogP contribution in [0.25, 0.3) is 11.0 Å². The summed E-state index contributed by atoms with van der Waals surface area (Å²) in [5.41, 5.74) is 1.92. The number of methoxy groups -OCH3 is 3. The summed E-state index contributed by atoms with van der Waals surface area (Å²) in [5.74, 6) is -3.66. The minimum Gasteiger partial charge on any atom is -0.503 e. The van der Waals surface area contributed by atoms with Gasteiger partial charge < -0.3 is 23.9 Å². The molecule has 3 aliphatic rings. The van der Waals surface area contributed by atoms with Crippen molar-refractivity contribution in [3.8, 4) is 23.0 Å². The first-order valence-electron chi connectivity index (χ1n) is 19.7. The van der Waals surface area contributed by atoms with E-state index in [0.29, 0.717) is 44.3 Å². The molecule has 6 aromatic rings. The van der Waals surface area contributed by atoms with Gasteiger partial charge in [0, 0.05) is 43.1 Å². The predicted octanol–water partition coefficient (Wildman–Crippen LogP) is 5.10. The highest BCUT2D eigenvalue weighted by atomic mass is 35.5. The fraction of sp³-hybridized carbons (Fsp3) is 0.273. The van der Waals surface area contributed by atoms with Crippen molar-refractivity contribution in [2.45, 2.75) is 43.3 Å². The molecule has 2 aromatic heterocycles. The second-order valence-corrected chi connectivity index (χ2v) is 16.3. The molecule has 2 fully saturated rings. The topological polar surface area (TPSA) is 181 Å². The smallest absolute Gasteiger partial charge is 0.347 e. The summed E-state index contributed by atoms with van der Waals surface area (Å²) in [7, 11) is 5.88. The van der Waals surface area contributed by atoms with Gasteiger partial charge in [-0.15, -0.1) is 0 Å². The maximum absolute atomic E-state index is 15.4. The number of benzene rings is 4. The predicted molar refractivity (Wildman–Crippen MR) is 229 cm³/mol. The summed E-state index contributed by atoms with van der Waals surface area (Å²) in [4.78, 5) is 77.4. The van der Waals surface area contributed by atoms with Crippen molar-refractivity contribution in [3.05, 3.63) is 148 Å². The molecule has 0 radical (unpaired) electrons. The Morgan fingerprint density at radius 3 is 2.25 bits per heavy atom. The van der Waals surface area contributed by atoms with Gasteiger partial charge in [0.05, 0.1) is 67.0 Å². The van der Waals surface area contributed by atoms with Crippen LogP contribution in [0.15, 0.2) is 98.8 Å². The Bertz CT molecular complexity index is 3110. The normalized spacial score (nSPS) is 20.3. The van der Waals surface area contributed by atoms with E-state index in [4.69, 9.17) is 37.4 Å². The molecule has 0 spiro atoms. The lowest BCUT2D eigenvalue weighted by molar-refractivity contribution is -0.138. The summed E-state index contributed by atoms with van der Waals surface area (Å²) in [6.45, 7) is -0.322. The second kappa shape index (κ2) is 15.5. The molecule has 324 valence electrons. The van der Waals surface area contributed by atoms with E-state index >= 15 is 4.79 Å². The molecule has 1 saturated heterocycles. The van der Waals surface area contributed by atoms with E-state index in [0.717, 1.165) is 9.58 Å². The number of phenols is 1. The van der Waals surface area contributed by atoms with Gasteiger partial charge in [-0.3, -0.25) is 19.8 Å². The van der Waals surface area contributed by atoms with E-state index < -0.39 is 57.9 Å². The van der Waals surface area contributed by atoms with Gasteiger partial charge >= 0.3 is 11.4 Å². The number of aromatic nitrogens is 5. The Balaban J connectivity index is 1.19. The summed E-state index contributed by atoms with van der Waals surface area (Å²) in [6.07, 6.45) is 1.55. The van der Waals surface area contributed by atoms with E-state index in [-0.39, 0.29) is 53.8 Å². The summed E-state index contributed by atoms with van der Waals surface area (Å²) in [5, 5.41) is 12.0. The Hall–Kier alpha value is -6.85.